The van der Waals surface area contributed by atoms with E-state index < -0.39 is 5.97 Å². The number of benzene rings is 1. The number of ether oxygens (including phenoxy) is 3. The van der Waals surface area contributed by atoms with E-state index in [1.807, 2.05) is 0 Å². The van der Waals surface area contributed by atoms with Crippen molar-refractivity contribution in [1.82, 2.24) is 4.90 Å². The molecule has 1 amide bonds. The molecule has 0 aliphatic carbocycles. The Morgan fingerprint density at radius 1 is 1.33 bits per heavy atom. The minimum atomic E-state index is -0.492. The number of esters is 1. The molecule has 1 aromatic rings. The summed E-state index contributed by atoms with van der Waals surface area (Å²) in [6, 6.07) is 5.28. The average Bonchev–Trinajstić information content (AvgIpc) is 2.82. The van der Waals surface area contributed by atoms with Crippen LogP contribution in [0.25, 0.3) is 6.08 Å². The fourth-order valence-corrected chi connectivity index (χ4v) is 3.31. The van der Waals surface area contributed by atoms with Gasteiger partial charge in [-0.2, -0.15) is 0 Å². The largest absolute Gasteiger partial charge is 0.497 e. The zero-order chi connectivity index (χ0) is 17.7. The van der Waals surface area contributed by atoms with Gasteiger partial charge in [-0.15, -0.1) is 0 Å². The van der Waals surface area contributed by atoms with Gasteiger partial charge in [0.2, 0.25) is 0 Å². The molecule has 1 aliphatic rings. The number of amides is 1. The fraction of sp³-hybridized carbons (Fsp3) is 0.312. The van der Waals surface area contributed by atoms with Gasteiger partial charge in [-0.3, -0.25) is 14.5 Å². The summed E-state index contributed by atoms with van der Waals surface area (Å²) in [7, 11) is 3.11. The van der Waals surface area contributed by atoms with Crippen molar-refractivity contribution in [3.63, 3.8) is 0 Å². The number of hydrogen-bond donors (Lipinski definition) is 0. The Balaban J connectivity index is 2.27. The smallest absolute Gasteiger partial charge is 0.326 e. The minimum absolute atomic E-state index is 0.189. The lowest BCUT2D eigenvalue weighted by molar-refractivity contribution is -0.145. The molecule has 0 aromatic heterocycles. The third kappa shape index (κ3) is 4.07. The summed E-state index contributed by atoms with van der Waals surface area (Å²) >= 11 is 6.32. The molecule has 128 valence electrons. The Bertz CT molecular complexity index is 702. The minimum Gasteiger partial charge on any atom is -0.497 e. The number of thiocarbonyl (C=S) groups is 1. The van der Waals surface area contributed by atoms with Gasteiger partial charge in [-0.25, -0.2) is 0 Å². The number of hydrogen-bond acceptors (Lipinski definition) is 7. The molecule has 1 fully saturated rings. The van der Waals surface area contributed by atoms with E-state index in [4.69, 9.17) is 26.4 Å². The molecule has 2 rings (SSSR count). The van der Waals surface area contributed by atoms with Crippen LogP contribution in [0.1, 0.15) is 12.5 Å². The Hall–Kier alpha value is -2.06. The third-order valence-electron chi connectivity index (χ3n) is 3.19. The molecule has 0 N–H and O–H groups in total. The lowest BCUT2D eigenvalue weighted by Gasteiger charge is -2.12. The summed E-state index contributed by atoms with van der Waals surface area (Å²) in [5.41, 5.74) is 0.688. The highest BCUT2D eigenvalue weighted by atomic mass is 32.2. The maximum Gasteiger partial charge on any atom is 0.326 e. The first-order valence-electron chi connectivity index (χ1n) is 7.13. The fourth-order valence-electron chi connectivity index (χ4n) is 2.07. The predicted octanol–water partition coefficient (Wildman–Crippen LogP) is 2.47. The Kier molecular flexibility index (Phi) is 6.22. The van der Waals surface area contributed by atoms with E-state index in [1.54, 1.807) is 45.4 Å². The maximum absolute atomic E-state index is 12.5. The number of nitrogens with zero attached hydrogens (tertiary/aromatic N) is 1. The van der Waals surface area contributed by atoms with E-state index in [0.29, 0.717) is 26.3 Å². The molecule has 0 bridgehead atoms. The molecule has 0 unspecified atom stereocenters. The van der Waals surface area contributed by atoms with Crippen molar-refractivity contribution in [2.75, 3.05) is 27.4 Å². The van der Waals surface area contributed by atoms with Gasteiger partial charge in [0, 0.05) is 5.56 Å². The molecule has 8 heteroatoms. The lowest BCUT2D eigenvalue weighted by Crippen LogP contribution is -2.34. The zero-order valence-corrected chi connectivity index (χ0v) is 15.2. The standard InChI is InChI=1S/C16H17NO5S2/c1-4-22-14(18)9-17-15(19)13(24-16(17)23)8-10-7-11(20-2)5-6-12(10)21-3/h5-8H,4,9H2,1-3H3. The van der Waals surface area contributed by atoms with Crippen LogP contribution in [0.3, 0.4) is 0 Å². The number of carbonyl (C=O) groups excluding carboxylic acids is 2. The first-order chi connectivity index (χ1) is 11.5. The molecule has 1 aromatic carbocycles. The first-order valence-corrected chi connectivity index (χ1v) is 8.35. The van der Waals surface area contributed by atoms with Crippen molar-refractivity contribution < 1.29 is 23.8 Å². The number of thioether (sulfide) groups is 1. The van der Waals surface area contributed by atoms with Gasteiger partial charge in [0.05, 0.1) is 25.7 Å². The van der Waals surface area contributed by atoms with Crippen LogP contribution >= 0.6 is 24.0 Å². The van der Waals surface area contributed by atoms with Crippen LogP contribution in [-0.4, -0.2) is 48.5 Å². The molecule has 0 spiro atoms. The highest BCUT2D eigenvalue weighted by Crippen LogP contribution is 2.35. The van der Waals surface area contributed by atoms with Gasteiger partial charge < -0.3 is 14.2 Å². The molecule has 24 heavy (non-hydrogen) atoms. The number of carbonyl (C=O) groups is 2. The average molecular weight is 367 g/mol. The molecule has 0 atom stereocenters. The van der Waals surface area contributed by atoms with Gasteiger partial charge >= 0.3 is 5.97 Å². The summed E-state index contributed by atoms with van der Waals surface area (Å²) in [5, 5.41) is 0. The van der Waals surface area contributed by atoms with Crippen LogP contribution in [0.5, 0.6) is 11.5 Å². The van der Waals surface area contributed by atoms with Crippen molar-refractivity contribution >= 4 is 46.3 Å². The van der Waals surface area contributed by atoms with Crippen LogP contribution in [0.2, 0.25) is 0 Å². The van der Waals surface area contributed by atoms with E-state index in [-0.39, 0.29) is 19.1 Å². The lowest BCUT2D eigenvalue weighted by atomic mass is 10.1. The topological polar surface area (TPSA) is 65.1 Å². The third-order valence-corrected chi connectivity index (χ3v) is 4.57. The summed E-state index contributed by atoms with van der Waals surface area (Å²) in [5.74, 6) is 0.424. The summed E-state index contributed by atoms with van der Waals surface area (Å²) in [6.07, 6.45) is 1.67. The second kappa shape index (κ2) is 8.16. The van der Waals surface area contributed by atoms with Gasteiger partial charge in [0.25, 0.3) is 5.91 Å². The van der Waals surface area contributed by atoms with Crippen molar-refractivity contribution in [2.24, 2.45) is 0 Å². The van der Waals surface area contributed by atoms with Crippen molar-refractivity contribution in [3.05, 3.63) is 28.7 Å². The molecule has 0 saturated carbocycles. The number of methoxy groups -OCH3 is 2. The Morgan fingerprint density at radius 2 is 2.08 bits per heavy atom. The van der Waals surface area contributed by atoms with E-state index in [9.17, 15) is 9.59 Å². The molecule has 6 nitrogen and oxygen atoms in total. The van der Waals surface area contributed by atoms with E-state index in [0.717, 1.165) is 11.8 Å². The Labute approximate surface area is 149 Å². The molecule has 1 aliphatic heterocycles. The predicted molar refractivity (Wildman–Crippen MR) is 96.1 cm³/mol. The SMILES string of the molecule is CCOC(=O)CN1C(=O)C(=Cc2cc(OC)ccc2OC)SC1=S. The number of rotatable bonds is 6. The van der Waals surface area contributed by atoms with Gasteiger partial charge in [0.1, 0.15) is 22.4 Å². The van der Waals surface area contributed by atoms with Crippen molar-refractivity contribution in [1.29, 1.82) is 0 Å². The molecule has 0 radical (unpaired) electrons. The monoisotopic (exact) mass is 367 g/mol. The zero-order valence-electron chi connectivity index (χ0n) is 13.5. The second-order valence-corrected chi connectivity index (χ2v) is 6.36. The molecule has 1 saturated heterocycles. The Morgan fingerprint density at radius 3 is 2.71 bits per heavy atom. The maximum atomic E-state index is 12.5. The summed E-state index contributed by atoms with van der Waals surface area (Å²) in [4.78, 5) is 25.7. The highest BCUT2D eigenvalue weighted by Gasteiger charge is 2.33. The molecule has 1 heterocycles. The summed E-state index contributed by atoms with van der Waals surface area (Å²) < 4.78 is 15.7. The summed E-state index contributed by atoms with van der Waals surface area (Å²) in [6.45, 7) is 1.77. The van der Waals surface area contributed by atoms with Crippen molar-refractivity contribution in [2.45, 2.75) is 6.92 Å². The van der Waals surface area contributed by atoms with Gasteiger partial charge in [-0.1, -0.05) is 24.0 Å². The normalized spacial score (nSPS) is 15.8. The van der Waals surface area contributed by atoms with Crippen LogP contribution < -0.4 is 9.47 Å². The van der Waals surface area contributed by atoms with Crippen molar-refractivity contribution in [3.8, 4) is 11.5 Å². The van der Waals surface area contributed by atoms with E-state index in [2.05, 4.69) is 0 Å². The van der Waals surface area contributed by atoms with Gasteiger partial charge in [-0.05, 0) is 31.2 Å². The van der Waals surface area contributed by atoms with E-state index in [1.165, 1.54) is 4.90 Å². The van der Waals surface area contributed by atoms with Crippen LogP contribution in [0.15, 0.2) is 23.1 Å². The molecular weight excluding hydrogens is 350 g/mol. The first kappa shape index (κ1) is 18.3. The van der Waals surface area contributed by atoms with E-state index >= 15 is 0 Å². The second-order valence-electron chi connectivity index (χ2n) is 4.68. The highest BCUT2D eigenvalue weighted by molar-refractivity contribution is 8.26. The van der Waals surface area contributed by atoms with Gasteiger partial charge in [0.15, 0.2) is 0 Å². The van der Waals surface area contributed by atoms with Crippen LogP contribution in [0, 0.1) is 0 Å². The quantitative estimate of drug-likeness (QED) is 0.435. The molecular formula is C16H17NO5S2. The van der Waals surface area contributed by atoms with Crippen LogP contribution in [0.4, 0.5) is 0 Å². The van der Waals surface area contributed by atoms with Crippen LogP contribution in [-0.2, 0) is 14.3 Å².